The number of ether oxygens (including phenoxy) is 2. The number of amides is 1. The van der Waals surface area contributed by atoms with Gasteiger partial charge in [0.1, 0.15) is 11.5 Å². The van der Waals surface area contributed by atoms with E-state index in [1.54, 1.807) is 13.2 Å². The summed E-state index contributed by atoms with van der Waals surface area (Å²) in [7, 11) is 1.64. The van der Waals surface area contributed by atoms with E-state index in [4.69, 9.17) is 14.5 Å². The Morgan fingerprint density at radius 1 is 1.00 bits per heavy atom. The summed E-state index contributed by atoms with van der Waals surface area (Å²) < 4.78 is 11.2. The number of rotatable bonds is 6. The number of aromatic nitrogens is 1. The quantitative estimate of drug-likeness (QED) is 0.430. The number of nitrogens with one attached hydrogen (secondary N) is 1. The van der Waals surface area contributed by atoms with E-state index in [-0.39, 0.29) is 5.91 Å². The highest BCUT2D eigenvalue weighted by Gasteiger charge is 2.13. The second kappa shape index (κ2) is 8.88. The number of nitrogens with zero attached hydrogens (tertiary/aromatic N) is 1. The smallest absolute Gasteiger partial charge is 0.255 e. The lowest BCUT2D eigenvalue weighted by Gasteiger charge is -2.13. The Morgan fingerprint density at radius 3 is 2.61 bits per heavy atom. The first kappa shape index (κ1) is 20.4. The molecule has 0 spiro atoms. The molecule has 5 heteroatoms. The Morgan fingerprint density at radius 2 is 1.84 bits per heavy atom. The van der Waals surface area contributed by atoms with Gasteiger partial charge in [-0.3, -0.25) is 4.79 Å². The SMILES string of the molecule is CCOc1cc(-c2cccc(OC)c2)nc2ccc(C(=O)Nc3ccccc3C)cc12. The van der Waals surface area contributed by atoms with Crippen LogP contribution in [0.15, 0.2) is 72.8 Å². The van der Waals surface area contributed by atoms with Crippen molar-refractivity contribution >= 4 is 22.5 Å². The summed E-state index contributed by atoms with van der Waals surface area (Å²) in [5, 5.41) is 3.78. The van der Waals surface area contributed by atoms with Gasteiger partial charge in [0.05, 0.1) is 24.9 Å². The lowest BCUT2D eigenvalue weighted by Crippen LogP contribution is -2.12. The van der Waals surface area contributed by atoms with Crippen LogP contribution in [-0.2, 0) is 0 Å². The maximum atomic E-state index is 12.9. The number of aryl methyl sites for hydroxylation is 1. The number of hydrogen-bond donors (Lipinski definition) is 1. The number of pyridine rings is 1. The molecular formula is C26H24N2O3. The van der Waals surface area contributed by atoms with Crippen LogP contribution in [0.1, 0.15) is 22.8 Å². The normalized spacial score (nSPS) is 10.7. The molecule has 31 heavy (non-hydrogen) atoms. The molecule has 1 amide bonds. The fraction of sp³-hybridized carbons (Fsp3) is 0.154. The van der Waals surface area contributed by atoms with Crippen molar-refractivity contribution in [3.05, 3.63) is 83.9 Å². The van der Waals surface area contributed by atoms with Crippen molar-refractivity contribution in [1.82, 2.24) is 4.98 Å². The summed E-state index contributed by atoms with van der Waals surface area (Å²) in [6.45, 7) is 4.41. The van der Waals surface area contributed by atoms with E-state index in [2.05, 4.69) is 5.32 Å². The zero-order valence-corrected chi connectivity index (χ0v) is 17.8. The minimum absolute atomic E-state index is 0.171. The molecule has 0 aliphatic rings. The Labute approximate surface area is 181 Å². The van der Waals surface area contributed by atoms with Crippen LogP contribution in [-0.4, -0.2) is 24.6 Å². The molecule has 1 heterocycles. The molecule has 0 radical (unpaired) electrons. The lowest BCUT2D eigenvalue weighted by molar-refractivity contribution is 0.102. The number of methoxy groups -OCH3 is 1. The van der Waals surface area contributed by atoms with E-state index >= 15 is 0 Å². The predicted molar refractivity (Wildman–Crippen MR) is 124 cm³/mol. The van der Waals surface area contributed by atoms with E-state index in [0.717, 1.165) is 39.2 Å². The summed E-state index contributed by atoms with van der Waals surface area (Å²) in [5.41, 5.74) is 4.83. The zero-order chi connectivity index (χ0) is 21.8. The fourth-order valence-electron chi connectivity index (χ4n) is 3.45. The van der Waals surface area contributed by atoms with Gasteiger partial charge in [-0.15, -0.1) is 0 Å². The van der Waals surface area contributed by atoms with E-state index in [0.29, 0.717) is 17.9 Å². The van der Waals surface area contributed by atoms with Crippen LogP contribution < -0.4 is 14.8 Å². The Hall–Kier alpha value is -3.86. The molecule has 0 atom stereocenters. The van der Waals surface area contributed by atoms with Gasteiger partial charge in [0, 0.05) is 28.3 Å². The highest BCUT2D eigenvalue weighted by Crippen LogP contribution is 2.32. The number of carbonyl (C=O) groups excluding carboxylic acids is 1. The monoisotopic (exact) mass is 412 g/mol. The van der Waals surface area contributed by atoms with Gasteiger partial charge in [-0.1, -0.05) is 30.3 Å². The average molecular weight is 412 g/mol. The number of anilines is 1. The van der Waals surface area contributed by atoms with Gasteiger partial charge in [0.2, 0.25) is 0 Å². The maximum absolute atomic E-state index is 12.9. The first-order valence-electron chi connectivity index (χ1n) is 10.2. The minimum atomic E-state index is -0.171. The molecule has 0 aliphatic carbocycles. The fourth-order valence-corrected chi connectivity index (χ4v) is 3.45. The third-order valence-electron chi connectivity index (χ3n) is 5.09. The summed E-state index contributed by atoms with van der Waals surface area (Å²) in [6.07, 6.45) is 0. The molecule has 0 saturated carbocycles. The molecular weight excluding hydrogens is 388 g/mol. The average Bonchev–Trinajstić information content (AvgIpc) is 2.80. The van der Waals surface area contributed by atoms with Crippen LogP contribution in [0.2, 0.25) is 0 Å². The third-order valence-corrected chi connectivity index (χ3v) is 5.09. The lowest BCUT2D eigenvalue weighted by atomic mass is 10.1. The Kier molecular flexibility index (Phi) is 5.85. The van der Waals surface area contributed by atoms with Crippen LogP contribution >= 0.6 is 0 Å². The maximum Gasteiger partial charge on any atom is 0.255 e. The van der Waals surface area contributed by atoms with Crippen LogP contribution in [0, 0.1) is 6.92 Å². The summed E-state index contributed by atoms with van der Waals surface area (Å²) >= 11 is 0. The molecule has 1 aromatic heterocycles. The topological polar surface area (TPSA) is 60.5 Å². The zero-order valence-electron chi connectivity index (χ0n) is 17.8. The first-order chi connectivity index (χ1) is 15.1. The summed E-state index contributed by atoms with van der Waals surface area (Å²) in [5.74, 6) is 1.28. The highest BCUT2D eigenvalue weighted by molar-refractivity contribution is 6.07. The molecule has 0 aliphatic heterocycles. The van der Waals surface area contributed by atoms with Crippen molar-refractivity contribution in [1.29, 1.82) is 0 Å². The second-order valence-corrected chi connectivity index (χ2v) is 7.17. The molecule has 0 saturated heterocycles. The van der Waals surface area contributed by atoms with E-state index in [1.807, 2.05) is 80.6 Å². The van der Waals surface area contributed by atoms with Gasteiger partial charge in [-0.05, 0) is 55.8 Å². The van der Waals surface area contributed by atoms with Crippen molar-refractivity contribution in [2.75, 3.05) is 19.0 Å². The second-order valence-electron chi connectivity index (χ2n) is 7.17. The molecule has 0 fully saturated rings. The van der Waals surface area contributed by atoms with Gasteiger partial charge in [0.15, 0.2) is 0 Å². The minimum Gasteiger partial charge on any atom is -0.497 e. The van der Waals surface area contributed by atoms with Gasteiger partial charge in [-0.2, -0.15) is 0 Å². The summed E-state index contributed by atoms with van der Waals surface area (Å²) in [4.78, 5) is 17.6. The molecule has 0 bridgehead atoms. The number of benzene rings is 3. The van der Waals surface area contributed by atoms with Crippen LogP contribution in [0.5, 0.6) is 11.5 Å². The van der Waals surface area contributed by atoms with E-state index in [9.17, 15) is 4.79 Å². The van der Waals surface area contributed by atoms with Gasteiger partial charge in [-0.25, -0.2) is 4.98 Å². The number of fused-ring (bicyclic) bond motifs is 1. The van der Waals surface area contributed by atoms with Gasteiger partial charge in [0.25, 0.3) is 5.91 Å². The first-order valence-corrected chi connectivity index (χ1v) is 10.2. The molecule has 1 N–H and O–H groups in total. The molecule has 4 rings (SSSR count). The van der Waals surface area contributed by atoms with Crippen molar-refractivity contribution in [2.45, 2.75) is 13.8 Å². The number of hydrogen-bond acceptors (Lipinski definition) is 4. The van der Waals surface area contributed by atoms with Crippen molar-refractivity contribution in [3.63, 3.8) is 0 Å². The predicted octanol–water partition coefficient (Wildman–Crippen LogP) is 5.87. The van der Waals surface area contributed by atoms with Crippen molar-refractivity contribution in [3.8, 4) is 22.8 Å². The summed E-state index contributed by atoms with van der Waals surface area (Å²) in [6, 6.07) is 22.8. The Bertz CT molecular complexity index is 1250. The molecule has 5 nitrogen and oxygen atoms in total. The molecule has 0 unspecified atom stereocenters. The third kappa shape index (κ3) is 4.36. The largest absolute Gasteiger partial charge is 0.497 e. The number of carbonyl (C=O) groups is 1. The number of para-hydroxylation sites is 1. The van der Waals surface area contributed by atoms with Crippen molar-refractivity contribution in [2.24, 2.45) is 0 Å². The van der Waals surface area contributed by atoms with E-state index in [1.165, 1.54) is 0 Å². The van der Waals surface area contributed by atoms with Crippen LogP contribution in [0.25, 0.3) is 22.2 Å². The molecule has 3 aromatic carbocycles. The van der Waals surface area contributed by atoms with Crippen LogP contribution in [0.3, 0.4) is 0 Å². The molecule has 156 valence electrons. The van der Waals surface area contributed by atoms with Gasteiger partial charge >= 0.3 is 0 Å². The van der Waals surface area contributed by atoms with E-state index < -0.39 is 0 Å². The standard InChI is InChI=1S/C26H24N2O3/c1-4-31-25-16-24(18-9-7-10-20(14-18)30-3)27-23-13-12-19(15-21(23)25)26(29)28-22-11-6-5-8-17(22)2/h5-16H,4H2,1-3H3,(H,28,29). The van der Waals surface area contributed by atoms with Gasteiger partial charge < -0.3 is 14.8 Å². The highest BCUT2D eigenvalue weighted by atomic mass is 16.5. The Balaban J connectivity index is 1.74. The van der Waals surface area contributed by atoms with Crippen molar-refractivity contribution < 1.29 is 14.3 Å². The molecule has 4 aromatic rings. The van der Waals surface area contributed by atoms with Crippen LogP contribution in [0.4, 0.5) is 5.69 Å².